The third-order valence-electron chi connectivity index (χ3n) is 2.65. The van der Waals surface area contributed by atoms with Crippen LogP contribution >= 0.6 is 0 Å². The summed E-state index contributed by atoms with van der Waals surface area (Å²) in [6, 6.07) is 1.85. The fourth-order valence-electron chi connectivity index (χ4n) is 1.92. The first-order valence-corrected chi connectivity index (χ1v) is 5.57. The molecule has 0 aliphatic heterocycles. The average molecular weight is 219 g/mol. The average Bonchev–Trinajstić information content (AvgIpc) is 2.69. The van der Waals surface area contributed by atoms with Gasteiger partial charge in [-0.1, -0.05) is 13.8 Å². The Morgan fingerprint density at radius 2 is 2.19 bits per heavy atom. The third kappa shape index (κ3) is 2.04. The second-order valence-corrected chi connectivity index (χ2v) is 4.43. The number of rotatable bonds is 4. The van der Waals surface area contributed by atoms with Crippen LogP contribution < -0.4 is 5.73 Å². The molecule has 0 radical (unpaired) electrons. The van der Waals surface area contributed by atoms with Gasteiger partial charge in [0.25, 0.3) is 0 Å². The molecule has 5 heteroatoms. The number of hydrogen-bond donors (Lipinski definition) is 1. The lowest BCUT2D eigenvalue weighted by molar-refractivity contribution is 0.484. The van der Waals surface area contributed by atoms with Crippen LogP contribution in [0.1, 0.15) is 32.0 Å². The second-order valence-electron chi connectivity index (χ2n) is 4.43. The van der Waals surface area contributed by atoms with E-state index >= 15 is 0 Å². The van der Waals surface area contributed by atoms with Crippen LogP contribution in [0.4, 0.5) is 0 Å². The lowest BCUT2D eigenvalue weighted by Crippen LogP contribution is -2.17. The van der Waals surface area contributed by atoms with Gasteiger partial charge >= 0.3 is 0 Å². The smallest absolute Gasteiger partial charge is 0.163 e. The van der Waals surface area contributed by atoms with Gasteiger partial charge in [-0.05, 0) is 12.3 Å². The van der Waals surface area contributed by atoms with E-state index in [0.29, 0.717) is 12.5 Å². The normalized spacial score (nSPS) is 13.5. The Balaban J connectivity index is 2.37. The quantitative estimate of drug-likeness (QED) is 0.839. The van der Waals surface area contributed by atoms with E-state index in [0.717, 1.165) is 17.9 Å². The van der Waals surface area contributed by atoms with E-state index in [1.54, 1.807) is 12.5 Å². The molecule has 2 heterocycles. The van der Waals surface area contributed by atoms with Gasteiger partial charge in [-0.3, -0.25) is 4.40 Å². The maximum atomic E-state index is 5.80. The molecule has 0 aliphatic rings. The van der Waals surface area contributed by atoms with Crippen LogP contribution in [0.25, 0.3) is 5.65 Å². The van der Waals surface area contributed by atoms with Crippen molar-refractivity contribution in [3.63, 3.8) is 0 Å². The molecule has 2 aromatic heterocycles. The highest BCUT2D eigenvalue weighted by molar-refractivity contribution is 5.35. The van der Waals surface area contributed by atoms with Gasteiger partial charge in [-0.15, -0.1) is 10.2 Å². The summed E-state index contributed by atoms with van der Waals surface area (Å²) in [5.41, 5.74) is 6.63. The van der Waals surface area contributed by atoms with Crippen molar-refractivity contribution in [3.8, 4) is 0 Å². The monoisotopic (exact) mass is 219 g/mol. The SMILES string of the molecule is CC(C)CC(CN)c1nnc2ccncn12. The maximum absolute atomic E-state index is 5.80. The highest BCUT2D eigenvalue weighted by atomic mass is 15.3. The van der Waals surface area contributed by atoms with Crippen LogP contribution in [0, 0.1) is 5.92 Å². The largest absolute Gasteiger partial charge is 0.330 e. The third-order valence-corrected chi connectivity index (χ3v) is 2.65. The van der Waals surface area contributed by atoms with Gasteiger partial charge in [0.15, 0.2) is 5.65 Å². The van der Waals surface area contributed by atoms with Crippen LogP contribution in [0.5, 0.6) is 0 Å². The number of nitrogens with two attached hydrogens (primary N) is 1. The van der Waals surface area contributed by atoms with Gasteiger partial charge in [0.05, 0.1) is 0 Å². The van der Waals surface area contributed by atoms with Gasteiger partial charge in [0, 0.05) is 24.7 Å². The molecule has 16 heavy (non-hydrogen) atoms. The van der Waals surface area contributed by atoms with Crippen molar-refractivity contribution in [1.82, 2.24) is 19.6 Å². The van der Waals surface area contributed by atoms with Gasteiger partial charge < -0.3 is 5.73 Å². The number of aromatic nitrogens is 4. The predicted molar refractivity (Wildman–Crippen MR) is 62.0 cm³/mol. The first-order chi connectivity index (χ1) is 7.72. The lowest BCUT2D eigenvalue weighted by atomic mass is 9.96. The van der Waals surface area contributed by atoms with E-state index in [2.05, 4.69) is 29.0 Å². The summed E-state index contributed by atoms with van der Waals surface area (Å²) in [5, 5.41) is 8.32. The molecule has 1 atom stereocenters. The van der Waals surface area contributed by atoms with Gasteiger partial charge in [0.1, 0.15) is 12.2 Å². The summed E-state index contributed by atoms with van der Waals surface area (Å²) in [5.74, 6) is 1.76. The van der Waals surface area contributed by atoms with E-state index < -0.39 is 0 Å². The first-order valence-electron chi connectivity index (χ1n) is 5.57. The minimum Gasteiger partial charge on any atom is -0.330 e. The van der Waals surface area contributed by atoms with Crippen molar-refractivity contribution < 1.29 is 0 Å². The van der Waals surface area contributed by atoms with E-state index in [1.807, 2.05) is 10.5 Å². The van der Waals surface area contributed by atoms with Crippen molar-refractivity contribution in [2.24, 2.45) is 11.7 Å². The predicted octanol–water partition coefficient (Wildman–Crippen LogP) is 1.21. The Morgan fingerprint density at radius 1 is 1.38 bits per heavy atom. The van der Waals surface area contributed by atoms with Crippen molar-refractivity contribution in [2.75, 3.05) is 6.54 Å². The molecular weight excluding hydrogens is 202 g/mol. The molecular formula is C11H17N5. The molecule has 2 rings (SSSR count). The molecule has 1 unspecified atom stereocenters. The molecule has 86 valence electrons. The van der Waals surface area contributed by atoms with Crippen LogP contribution in [0.2, 0.25) is 0 Å². The summed E-state index contributed by atoms with van der Waals surface area (Å²) in [4.78, 5) is 4.08. The molecule has 0 amide bonds. The Labute approximate surface area is 94.7 Å². The number of hydrogen-bond acceptors (Lipinski definition) is 4. The van der Waals surface area contributed by atoms with Crippen LogP contribution in [0.15, 0.2) is 18.6 Å². The topological polar surface area (TPSA) is 69.1 Å². The zero-order chi connectivity index (χ0) is 11.5. The van der Waals surface area contributed by atoms with Crippen LogP contribution in [-0.2, 0) is 0 Å². The zero-order valence-corrected chi connectivity index (χ0v) is 9.67. The maximum Gasteiger partial charge on any atom is 0.163 e. The Hall–Kier alpha value is -1.49. The number of fused-ring (bicyclic) bond motifs is 1. The van der Waals surface area contributed by atoms with E-state index in [4.69, 9.17) is 5.73 Å². The second kappa shape index (κ2) is 4.57. The van der Waals surface area contributed by atoms with Gasteiger partial charge in [0.2, 0.25) is 0 Å². The van der Waals surface area contributed by atoms with Crippen molar-refractivity contribution >= 4 is 5.65 Å². The Kier molecular flexibility index (Phi) is 3.14. The number of nitrogens with zero attached hydrogens (tertiary/aromatic N) is 4. The van der Waals surface area contributed by atoms with Crippen LogP contribution in [-0.4, -0.2) is 26.1 Å². The zero-order valence-electron chi connectivity index (χ0n) is 9.67. The van der Waals surface area contributed by atoms with E-state index in [-0.39, 0.29) is 5.92 Å². The molecule has 0 bridgehead atoms. The molecule has 0 fully saturated rings. The van der Waals surface area contributed by atoms with E-state index in [1.165, 1.54) is 0 Å². The summed E-state index contributed by atoms with van der Waals surface area (Å²) >= 11 is 0. The Morgan fingerprint density at radius 3 is 2.88 bits per heavy atom. The first kappa shape index (κ1) is 11.0. The lowest BCUT2D eigenvalue weighted by Gasteiger charge is -2.14. The standard InChI is InChI=1S/C11H17N5/c1-8(2)5-9(6-12)11-15-14-10-3-4-13-7-16(10)11/h3-4,7-9H,5-6,12H2,1-2H3. The molecule has 2 aromatic rings. The minimum absolute atomic E-state index is 0.249. The minimum atomic E-state index is 0.249. The molecule has 0 saturated carbocycles. The summed E-state index contributed by atoms with van der Waals surface area (Å²) < 4.78 is 1.92. The van der Waals surface area contributed by atoms with Crippen LogP contribution in [0.3, 0.4) is 0 Å². The molecule has 5 nitrogen and oxygen atoms in total. The molecule has 2 N–H and O–H groups in total. The van der Waals surface area contributed by atoms with Crippen molar-refractivity contribution in [1.29, 1.82) is 0 Å². The summed E-state index contributed by atoms with van der Waals surface area (Å²) in [6.45, 7) is 4.96. The summed E-state index contributed by atoms with van der Waals surface area (Å²) in [6.07, 6.45) is 4.48. The fraction of sp³-hybridized carbons (Fsp3) is 0.545. The molecule has 0 aliphatic carbocycles. The molecule has 0 aromatic carbocycles. The van der Waals surface area contributed by atoms with E-state index in [9.17, 15) is 0 Å². The van der Waals surface area contributed by atoms with Gasteiger partial charge in [-0.2, -0.15) is 0 Å². The highest BCUT2D eigenvalue weighted by Gasteiger charge is 2.17. The highest BCUT2D eigenvalue weighted by Crippen LogP contribution is 2.21. The summed E-state index contributed by atoms with van der Waals surface area (Å²) in [7, 11) is 0. The van der Waals surface area contributed by atoms with Crippen molar-refractivity contribution in [2.45, 2.75) is 26.2 Å². The fourth-order valence-corrected chi connectivity index (χ4v) is 1.92. The Bertz CT molecular complexity index is 462. The molecule has 0 saturated heterocycles. The van der Waals surface area contributed by atoms with Gasteiger partial charge in [-0.25, -0.2) is 4.98 Å². The molecule has 0 spiro atoms. The van der Waals surface area contributed by atoms with Crippen molar-refractivity contribution in [3.05, 3.63) is 24.4 Å².